The Balaban J connectivity index is 2.96. The first-order chi connectivity index (χ1) is 8.51. The van der Waals surface area contributed by atoms with Crippen LogP contribution in [0.2, 0.25) is 0 Å². The highest BCUT2D eigenvalue weighted by Crippen LogP contribution is 2.30. The van der Waals surface area contributed by atoms with Gasteiger partial charge in [-0.25, -0.2) is 0 Å². The van der Waals surface area contributed by atoms with Gasteiger partial charge in [-0.15, -0.1) is 0 Å². The van der Waals surface area contributed by atoms with E-state index in [9.17, 15) is 4.79 Å². The van der Waals surface area contributed by atoms with Crippen molar-refractivity contribution in [3.63, 3.8) is 0 Å². The predicted molar refractivity (Wildman–Crippen MR) is 74.4 cm³/mol. The highest BCUT2D eigenvalue weighted by molar-refractivity contribution is 5.94. The topological polar surface area (TPSA) is 50.4 Å². The van der Waals surface area contributed by atoms with Crippen LogP contribution in [0.5, 0.6) is 5.75 Å². The van der Waals surface area contributed by atoms with E-state index in [1.807, 2.05) is 33.8 Å². The molecule has 1 amide bonds. The zero-order chi connectivity index (χ0) is 13.7. The van der Waals surface area contributed by atoms with Gasteiger partial charge in [-0.3, -0.25) is 4.79 Å². The summed E-state index contributed by atoms with van der Waals surface area (Å²) in [6.45, 7) is 9.05. The summed E-state index contributed by atoms with van der Waals surface area (Å²) in [7, 11) is 1.66. The van der Waals surface area contributed by atoms with Crippen molar-refractivity contribution in [2.45, 2.75) is 27.7 Å². The fourth-order valence-corrected chi connectivity index (χ4v) is 1.87. The molecule has 0 aliphatic heterocycles. The van der Waals surface area contributed by atoms with Gasteiger partial charge >= 0.3 is 0 Å². The van der Waals surface area contributed by atoms with Gasteiger partial charge in [0.25, 0.3) is 0 Å². The van der Waals surface area contributed by atoms with E-state index in [4.69, 9.17) is 4.74 Å². The van der Waals surface area contributed by atoms with Crippen LogP contribution in [0, 0.1) is 20.8 Å². The molecule has 4 heteroatoms. The van der Waals surface area contributed by atoms with Gasteiger partial charge in [0.05, 0.1) is 13.7 Å². The van der Waals surface area contributed by atoms with Crippen LogP contribution in [0.25, 0.3) is 0 Å². The fraction of sp³-hybridized carbons (Fsp3) is 0.500. The molecule has 18 heavy (non-hydrogen) atoms. The number of hydrogen-bond donors (Lipinski definition) is 2. The Hall–Kier alpha value is -1.55. The summed E-state index contributed by atoms with van der Waals surface area (Å²) in [4.78, 5) is 11.7. The molecule has 0 atom stereocenters. The van der Waals surface area contributed by atoms with Crippen molar-refractivity contribution < 1.29 is 9.53 Å². The van der Waals surface area contributed by atoms with Crippen molar-refractivity contribution in [3.8, 4) is 5.75 Å². The second-order valence-electron chi connectivity index (χ2n) is 4.35. The first kappa shape index (κ1) is 14.5. The normalized spacial score (nSPS) is 10.3. The first-order valence-electron chi connectivity index (χ1n) is 6.16. The summed E-state index contributed by atoms with van der Waals surface area (Å²) in [5.41, 5.74) is 4.01. The monoisotopic (exact) mass is 250 g/mol. The number of carbonyl (C=O) groups is 1. The maximum atomic E-state index is 11.7. The maximum Gasteiger partial charge on any atom is 0.238 e. The lowest BCUT2D eigenvalue weighted by Gasteiger charge is -2.16. The molecule has 0 aliphatic rings. The Labute approximate surface area is 109 Å². The molecule has 0 fully saturated rings. The summed E-state index contributed by atoms with van der Waals surface area (Å²) in [5.74, 6) is 0.835. The average Bonchev–Trinajstić information content (AvgIpc) is 2.36. The van der Waals surface area contributed by atoms with Crippen LogP contribution in [-0.4, -0.2) is 26.1 Å². The van der Waals surface area contributed by atoms with Crippen LogP contribution < -0.4 is 15.4 Å². The van der Waals surface area contributed by atoms with E-state index < -0.39 is 0 Å². The highest BCUT2D eigenvalue weighted by Gasteiger charge is 2.12. The number of hydrogen-bond acceptors (Lipinski definition) is 3. The largest absolute Gasteiger partial charge is 0.496 e. The van der Waals surface area contributed by atoms with Crippen LogP contribution in [0.15, 0.2) is 6.07 Å². The third-order valence-electron chi connectivity index (χ3n) is 3.07. The summed E-state index contributed by atoms with van der Waals surface area (Å²) < 4.78 is 5.31. The van der Waals surface area contributed by atoms with E-state index >= 15 is 0 Å². The molecule has 1 aromatic carbocycles. The Morgan fingerprint density at radius 2 is 1.94 bits per heavy atom. The number of carbonyl (C=O) groups excluding carboxylic acids is 1. The average molecular weight is 250 g/mol. The van der Waals surface area contributed by atoms with E-state index in [1.54, 1.807) is 7.11 Å². The molecular formula is C14H22N2O2. The number of anilines is 1. The summed E-state index contributed by atoms with van der Waals surface area (Å²) in [5, 5.41) is 5.96. The van der Waals surface area contributed by atoms with Crippen molar-refractivity contribution in [2.75, 3.05) is 25.5 Å². The van der Waals surface area contributed by atoms with Crippen molar-refractivity contribution in [1.29, 1.82) is 0 Å². The van der Waals surface area contributed by atoms with E-state index in [0.29, 0.717) is 6.54 Å². The van der Waals surface area contributed by atoms with E-state index in [2.05, 4.69) is 10.6 Å². The Bertz CT molecular complexity index is 442. The zero-order valence-corrected chi connectivity index (χ0v) is 11.8. The number of benzene rings is 1. The number of likely N-dealkylation sites (N-methyl/N-ethyl adjacent to an activating group) is 1. The second-order valence-corrected chi connectivity index (χ2v) is 4.35. The van der Waals surface area contributed by atoms with Crippen molar-refractivity contribution in [1.82, 2.24) is 5.32 Å². The molecule has 0 unspecified atom stereocenters. The minimum absolute atomic E-state index is 0.0207. The number of aryl methyl sites for hydroxylation is 1. The zero-order valence-electron chi connectivity index (χ0n) is 11.8. The number of rotatable bonds is 5. The Morgan fingerprint density at radius 1 is 1.28 bits per heavy atom. The summed E-state index contributed by atoms with van der Waals surface area (Å²) >= 11 is 0. The van der Waals surface area contributed by atoms with Gasteiger partial charge in [0.1, 0.15) is 5.75 Å². The SMILES string of the molecule is CCNCC(=O)Nc1c(C)cc(OC)c(C)c1C. The second kappa shape index (κ2) is 6.40. The number of ether oxygens (including phenoxy) is 1. The number of methoxy groups -OCH3 is 1. The smallest absolute Gasteiger partial charge is 0.238 e. The van der Waals surface area contributed by atoms with Gasteiger partial charge in [0, 0.05) is 5.69 Å². The third-order valence-corrected chi connectivity index (χ3v) is 3.07. The first-order valence-corrected chi connectivity index (χ1v) is 6.16. The molecule has 0 radical (unpaired) electrons. The molecule has 0 aromatic heterocycles. The standard InChI is InChI=1S/C14H22N2O2/c1-6-15-8-13(17)16-14-9(2)7-12(18-5)10(3)11(14)4/h7,15H,6,8H2,1-5H3,(H,16,17). The van der Waals surface area contributed by atoms with Gasteiger partial charge < -0.3 is 15.4 Å². The van der Waals surface area contributed by atoms with Gasteiger partial charge in [-0.1, -0.05) is 6.92 Å². The highest BCUT2D eigenvalue weighted by atomic mass is 16.5. The molecule has 1 rings (SSSR count). The summed E-state index contributed by atoms with van der Waals surface area (Å²) in [6.07, 6.45) is 0. The molecular weight excluding hydrogens is 228 g/mol. The van der Waals surface area contributed by atoms with Crippen molar-refractivity contribution in [3.05, 3.63) is 22.8 Å². The van der Waals surface area contributed by atoms with Gasteiger partial charge in [0.2, 0.25) is 5.91 Å². The van der Waals surface area contributed by atoms with Crippen LogP contribution in [0.4, 0.5) is 5.69 Å². The van der Waals surface area contributed by atoms with Crippen LogP contribution in [-0.2, 0) is 4.79 Å². The molecule has 4 nitrogen and oxygen atoms in total. The number of amides is 1. The Morgan fingerprint density at radius 3 is 2.50 bits per heavy atom. The lowest BCUT2D eigenvalue weighted by molar-refractivity contribution is -0.115. The molecule has 0 spiro atoms. The minimum Gasteiger partial charge on any atom is -0.496 e. The van der Waals surface area contributed by atoms with E-state index in [-0.39, 0.29) is 5.91 Å². The predicted octanol–water partition coefficient (Wildman–Crippen LogP) is 2.17. The lowest BCUT2D eigenvalue weighted by Crippen LogP contribution is -2.28. The van der Waals surface area contributed by atoms with Gasteiger partial charge in [-0.2, -0.15) is 0 Å². The molecule has 0 saturated heterocycles. The molecule has 1 aromatic rings. The van der Waals surface area contributed by atoms with Crippen LogP contribution in [0.3, 0.4) is 0 Å². The van der Waals surface area contributed by atoms with Crippen molar-refractivity contribution in [2.24, 2.45) is 0 Å². The summed E-state index contributed by atoms with van der Waals surface area (Å²) in [6, 6.07) is 1.95. The van der Waals surface area contributed by atoms with Crippen molar-refractivity contribution >= 4 is 11.6 Å². The van der Waals surface area contributed by atoms with Gasteiger partial charge in [-0.05, 0) is 50.1 Å². The van der Waals surface area contributed by atoms with Gasteiger partial charge in [0.15, 0.2) is 0 Å². The molecule has 100 valence electrons. The molecule has 0 heterocycles. The van der Waals surface area contributed by atoms with Crippen LogP contribution >= 0.6 is 0 Å². The number of nitrogens with one attached hydrogen (secondary N) is 2. The quantitative estimate of drug-likeness (QED) is 0.842. The molecule has 0 aliphatic carbocycles. The maximum absolute atomic E-state index is 11.7. The third kappa shape index (κ3) is 3.23. The molecule has 0 saturated carbocycles. The van der Waals surface area contributed by atoms with E-state index in [1.165, 1.54) is 0 Å². The lowest BCUT2D eigenvalue weighted by atomic mass is 10.0. The molecule has 2 N–H and O–H groups in total. The fourth-order valence-electron chi connectivity index (χ4n) is 1.87. The Kier molecular flexibility index (Phi) is 5.16. The van der Waals surface area contributed by atoms with E-state index in [0.717, 1.165) is 34.7 Å². The van der Waals surface area contributed by atoms with Crippen LogP contribution in [0.1, 0.15) is 23.6 Å². The molecule has 0 bridgehead atoms. The minimum atomic E-state index is -0.0207.